The van der Waals surface area contributed by atoms with Gasteiger partial charge in [0.25, 0.3) is 0 Å². The summed E-state index contributed by atoms with van der Waals surface area (Å²) in [6.07, 6.45) is 15.8. The van der Waals surface area contributed by atoms with Gasteiger partial charge in [-0.15, -0.1) is 24.2 Å². The molecule has 0 unspecified atom stereocenters. The van der Waals surface area contributed by atoms with Gasteiger partial charge in [-0.1, -0.05) is 39.5 Å². The lowest BCUT2D eigenvalue weighted by atomic mass is 9.89. The van der Waals surface area contributed by atoms with Crippen molar-refractivity contribution in [3.8, 4) is 12.8 Å². The monoisotopic (exact) mass is 372 g/mol. The quantitative estimate of drug-likeness (QED) is 0.487. The number of aryl methyl sites for hydroxylation is 1. The molecule has 26 heavy (non-hydrogen) atoms. The molecule has 1 aromatic heterocycles. The minimum atomic E-state index is 0.0310. The third kappa shape index (κ3) is 8.33. The molecule has 0 aliphatic rings. The topological polar surface area (TPSA) is 55.1 Å². The SMILES string of the molecule is C#C.C=C/C=C(/C=C(\C)NC(=O)CCc1ccc(C(C)(C)CC)s1)CN. The van der Waals surface area contributed by atoms with Gasteiger partial charge in [0.1, 0.15) is 0 Å². The fourth-order valence-electron chi connectivity index (χ4n) is 2.21. The van der Waals surface area contributed by atoms with Crippen LogP contribution in [-0.2, 0) is 16.6 Å². The van der Waals surface area contributed by atoms with E-state index >= 15 is 0 Å². The lowest BCUT2D eigenvalue weighted by Crippen LogP contribution is -2.22. The maximum Gasteiger partial charge on any atom is 0.224 e. The molecule has 0 atom stereocenters. The molecule has 3 nitrogen and oxygen atoms in total. The minimum Gasteiger partial charge on any atom is -0.330 e. The number of terminal acetylenes is 1. The van der Waals surface area contributed by atoms with Gasteiger partial charge in [-0.05, 0) is 49.0 Å². The van der Waals surface area contributed by atoms with Crippen LogP contribution >= 0.6 is 11.3 Å². The van der Waals surface area contributed by atoms with E-state index in [9.17, 15) is 4.79 Å². The van der Waals surface area contributed by atoms with Crippen molar-refractivity contribution in [3.05, 3.63) is 58.0 Å². The van der Waals surface area contributed by atoms with Crippen molar-refractivity contribution in [1.29, 1.82) is 0 Å². The lowest BCUT2D eigenvalue weighted by molar-refractivity contribution is -0.120. The highest BCUT2D eigenvalue weighted by molar-refractivity contribution is 7.12. The first-order chi connectivity index (χ1) is 12.3. The van der Waals surface area contributed by atoms with E-state index in [4.69, 9.17) is 5.73 Å². The Hall–Kier alpha value is -2.09. The number of carbonyl (C=O) groups is 1. The zero-order chi connectivity index (χ0) is 20.2. The van der Waals surface area contributed by atoms with Crippen LogP contribution in [0.4, 0.5) is 0 Å². The number of nitrogens with two attached hydrogens (primary N) is 1. The predicted octanol–water partition coefficient (Wildman–Crippen LogP) is 4.71. The van der Waals surface area contributed by atoms with Crippen molar-refractivity contribution in [2.45, 2.75) is 52.4 Å². The van der Waals surface area contributed by atoms with Crippen LogP contribution in [-0.4, -0.2) is 12.5 Å². The number of thiophene rings is 1. The smallest absolute Gasteiger partial charge is 0.224 e. The van der Waals surface area contributed by atoms with Crippen LogP contribution in [0.15, 0.2) is 48.2 Å². The molecule has 1 aromatic rings. The first kappa shape index (κ1) is 23.9. The third-order valence-electron chi connectivity index (χ3n) is 4.12. The number of rotatable bonds is 9. The van der Waals surface area contributed by atoms with Gasteiger partial charge in [0.05, 0.1) is 0 Å². The lowest BCUT2D eigenvalue weighted by Gasteiger charge is -2.20. The summed E-state index contributed by atoms with van der Waals surface area (Å²) in [5.41, 5.74) is 7.60. The molecule has 1 heterocycles. The summed E-state index contributed by atoms with van der Waals surface area (Å²) >= 11 is 1.81. The molecule has 0 saturated heterocycles. The summed E-state index contributed by atoms with van der Waals surface area (Å²) in [5.74, 6) is 0.0310. The van der Waals surface area contributed by atoms with Crippen molar-refractivity contribution in [3.63, 3.8) is 0 Å². The fourth-order valence-corrected chi connectivity index (χ4v) is 3.39. The summed E-state index contributed by atoms with van der Waals surface area (Å²) in [4.78, 5) is 14.7. The van der Waals surface area contributed by atoms with Gasteiger partial charge < -0.3 is 11.1 Å². The van der Waals surface area contributed by atoms with Gasteiger partial charge in [0.2, 0.25) is 5.91 Å². The van der Waals surface area contributed by atoms with Crippen LogP contribution in [0.5, 0.6) is 0 Å². The molecule has 1 amide bonds. The molecule has 0 radical (unpaired) electrons. The molecule has 4 heteroatoms. The van der Waals surface area contributed by atoms with E-state index in [0.29, 0.717) is 13.0 Å². The molecule has 142 valence electrons. The number of hydrogen-bond donors (Lipinski definition) is 2. The van der Waals surface area contributed by atoms with Crippen LogP contribution in [0.1, 0.15) is 50.3 Å². The van der Waals surface area contributed by atoms with Crippen molar-refractivity contribution < 1.29 is 4.79 Å². The highest BCUT2D eigenvalue weighted by Crippen LogP contribution is 2.32. The van der Waals surface area contributed by atoms with Crippen molar-refractivity contribution in [2.24, 2.45) is 5.73 Å². The van der Waals surface area contributed by atoms with Gasteiger partial charge in [0.15, 0.2) is 0 Å². The molecule has 0 aliphatic carbocycles. The zero-order valence-corrected chi connectivity index (χ0v) is 17.3. The summed E-state index contributed by atoms with van der Waals surface area (Å²) in [5, 5.41) is 2.92. The Morgan fingerprint density at radius 3 is 2.58 bits per heavy atom. The first-order valence-electron chi connectivity index (χ1n) is 8.74. The average molecular weight is 373 g/mol. The molecular weight excluding hydrogens is 340 g/mol. The molecule has 0 saturated carbocycles. The summed E-state index contributed by atoms with van der Waals surface area (Å²) < 4.78 is 0. The van der Waals surface area contributed by atoms with Crippen molar-refractivity contribution >= 4 is 17.2 Å². The van der Waals surface area contributed by atoms with Crippen LogP contribution in [0.25, 0.3) is 0 Å². The average Bonchev–Trinajstić information content (AvgIpc) is 3.11. The summed E-state index contributed by atoms with van der Waals surface area (Å²) in [6, 6.07) is 4.34. The maximum atomic E-state index is 12.1. The van der Waals surface area contributed by atoms with Gasteiger partial charge in [-0.3, -0.25) is 4.79 Å². The largest absolute Gasteiger partial charge is 0.330 e. The van der Waals surface area contributed by atoms with Crippen LogP contribution in [0, 0.1) is 12.8 Å². The Balaban J connectivity index is 0.00000301. The van der Waals surface area contributed by atoms with E-state index in [1.165, 1.54) is 9.75 Å². The molecule has 0 spiro atoms. The second-order valence-electron chi connectivity index (χ2n) is 6.56. The number of carbonyl (C=O) groups excluding carboxylic acids is 1. The molecule has 0 aliphatic heterocycles. The fraction of sp³-hybridized carbons (Fsp3) is 0.409. The molecular formula is C22H32N2OS. The van der Waals surface area contributed by atoms with E-state index in [2.05, 4.69) is 57.6 Å². The van der Waals surface area contributed by atoms with Crippen molar-refractivity contribution in [2.75, 3.05) is 6.54 Å². The number of allylic oxidation sites excluding steroid dienone is 3. The number of amides is 1. The second-order valence-corrected chi connectivity index (χ2v) is 7.73. The Morgan fingerprint density at radius 1 is 1.38 bits per heavy atom. The van der Waals surface area contributed by atoms with Gasteiger partial charge in [0, 0.05) is 28.4 Å². The Morgan fingerprint density at radius 2 is 2.04 bits per heavy atom. The van der Waals surface area contributed by atoms with Crippen LogP contribution in [0.2, 0.25) is 0 Å². The van der Waals surface area contributed by atoms with Gasteiger partial charge in [-0.2, -0.15) is 0 Å². The molecule has 0 bridgehead atoms. The second kappa shape index (κ2) is 12.3. The van der Waals surface area contributed by atoms with Gasteiger partial charge >= 0.3 is 0 Å². The summed E-state index contributed by atoms with van der Waals surface area (Å²) in [6.45, 7) is 12.7. The first-order valence-corrected chi connectivity index (χ1v) is 9.56. The van der Waals surface area contributed by atoms with Crippen LogP contribution in [0.3, 0.4) is 0 Å². The maximum absolute atomic E-state index is 12.1. The standard InChI is InChI=1S/C20H30N2OS.C2H2/c1-6-8-16(14-21)13-15(3)22-19(23)12-10-17-9-11-18(24-17)20(4,5)7-2;1-2/h6,8-9,11,13H,1,7,10,12,14,21H2,2-5H3,(H,22,23);1-2H/b15-13+,16-8-;. The van der Waals surface area contributed by atoms with E-state index in [-0.39, 0.29) is 11.3 Å². The minimum absolute atomic E-state index is 0.0310. The molecule has 3 N–H and O–H groups in total. The van der Waals surface area contributed by atoms with E-state index in [1.54, 1.807) is 6.08 Å². The van der Waals surface area contributed by atoms with Gasteiger partial charge in [-0.25, -0.2) is 0 Å². The van der Waals surface area contributed by atoms with Crippen molar-refractivity contribution in [1.82, 2.24) is 5.32 Å². The molecule has 0 aromatic carbocycles. The molecule has 1 rings (SSSR count). The normalized spacial score (nSPS) is 12.1. The molecule has 0 fully saturated rings. The van der Waals surface area contributed by atoms with Crippen LogP contribution < -0.4 is 11.1 Å². The predicted molar refractivity (Wildman–Crippen MR) is 115 cm³/mol. The van der Waals surface area contributed by atoms with E-state index in [1.807, 2.05) is 30.4 Å². The Labute approximate surface area is 163 Å². The number of nitrogens with one attached hydrogen (secondary N) is 1. The zero-order valence-electron chi connectivity index (χ0n) is 16.5. The Bertz CT molecular complexity index is 663. The summed E-state index contributed by atoms with van der Waals surface area (Å²) in [7, 11) is 0. The number of hydrogen-bond acceptors (Lipinski definition) is 3. The van der Waals surface area contributed by atoms with E-state index < -0.39 is 0 Å². The third-order valence-corrected chi connectivity index (χ3v) is 5.63. The van der Waals surface area contributed by atoms with E-state index in [0.717, 1.165) is 24.1 Å². The highest BCUT2D eigenvalue weighted by atomic mass is 32.1. The highest BCUT2D eigenvalue weighted by Gasteiger charge is 2.20. The Kier molecular flexibility index (Phi) is 11.3.